The molecule has 0 amide bonds. The summed E-state index contributed by atoms with van der Waals surface area (Å²) in [6.07, 6.45) is 3.11. The fourth-order valence-electron chi connectivity index (χ4n) is 3.29. The summed E-state index contributed by atoms with van der Waals surface area (Å²) in [6, 6.07) is 0. The van der Waals surface area contributed by atoms with E-state index in [0.717, 1.165) is 12.8 Å². The van der Waals surface area contributed by atoms with E-state index in [0.29, 0.717) is 42.8 Å². The molecule has 0 fully saturated rings. The molecular formula is C16H27F2N3. The van der Waals surface area contributed by atoms with E-state index < -0.39 is 5.92 Å². The van der Waals surface area contributed by atoms with Crippen molar-refractivity contribution >= 4 is 0 Å². The van der Waals surface area contributed by atoms with Gasteiger partial charge in [-0.15, -0.1) is 5.10 Å². The van der Waals surface area contributed by atoms with Gasteiger partial charge in [-0.25, -0.2) is 4.68 Å². The second-order valence-corrected chi connectivity index (χ2v) is 7.26. The number of fused-ring (bicyclic) bond motifs is 1. The number of alkyl halides is 2. The van der Waals surface area contributed by atoms with Crippen LogP contribution in [-0.2, 0) is 18.9 Å². The molecule has 5 heteroatoms. The Hall–Kier alpha value is -1.00. The summed E-state index contributed by atoms with van der Waals surface area (Å²) in [5.41, 5.74) is 0.593. The molecule has 0 aromatic carbocycles. The molecule has 0 radical (unpaired) electrons. The van der Waals surface area contributed by atoms with E-state index in [1.807, 2.05) is 0 Å². The zero-order valence-electron chi connectivity index (χ0n) is 13.6. The van der Waals surface area contributed by atoms with Gasteiger partial charge in [-0.2, -0.15) is 8.78 Å². The number of nitrogens with zero attached hydrogens (tertiary/aromatic N) is 3. The number of rotatable bonds is 4. The van der Waals surface area contributed by atoms with Crippen molar-refractivity contribution in [2.24, 2.45) is 17.8 Å². The van der Waals surface area contributed by atoms with Crippen molar-refractivity contribution in [3.8, 4) is 0 Å². The molecule has 0 saturated carbocycles. The predicted octanol–water partition coefficient (Wildman–Crippen LogP) is 4.41. The van der Waals surface area contributed by atoms with E-state index in [4.69, 9.17) is 0 Å². The van der Waals surface area contributed by atoms with Gasteiger partial charge >= 0.3 is 0 Å². The van der Waals surface area contributed by atoms with Gasteiger partial charge in [-0.1, -0.05) is 32.9 Å². The van der Waals surface area contributed by atoms with Gasteiger partial charge in [0.1, 0.15) is 0 Å². The van der Waals surface area contributed by atoms with Crippen molar-refractivity contribution in [1.82, 2.24) is 15.0 Å². The van der Waals surface area contributed by atoms with Crippen LogP contribution in [0.15, 0.2) is 0 Å². The molecule has 1 atom stereocenters. The van der Waals surface area contributed by atoms with Crippen LogP contribution in [0.5, 0.6) is 0 Å². The van der Waals surface area contributed by atoms with Crippen LogP contribution in [-0.4, -0.2) is 15.0 Å². The SMILES string of the molecule is CC(C)CC1CCCC(F)(F)c2nnn(CC(C)C)c2C1. The van der Waals surface area contributed by atoms with Crippen molar-refractivity contribution in [1.29, 1.82) is 0 Å². The van der Waals surface area contributed by atoms with Gasteiger partial charge < -0.3 is 0 Å². The zero-order valence-corrected chi connectivity index (χ0v) is 13.6. The molecular weight excluding hydrogens is 272 g/mol. The average Bonchev–Trinajstić information content (AvgIpc) is 2.69. The van der Waals surface area contributed by atoms with Crippen LogP contribution in [0.4, 0.5) is 8.78 Å². The van der Waals surface area contributed by atoms with E-state index in [9.17, 15) is 8.78 Å². The maximum absolute atomic E-state index is 14.3. The summed E-state index contributed by atoms with van der Waals surface area (Å²) in [5, 5.41) is 7.86. The van der Waals surface area contributed by atoms with Crippen molar-refractivity contribution in [2.75, 3.05) is 0 Å². The first kappa shape index (κ1) is 16.4. The molecule has 1 aromatic heterocycles. The fourth-order valence-corrected chi connectivity index (χ4v) is 3.29. The highest BCUT2D eigenvalue weighted by molar-refractivity contribution is 5.18. The second-order valence-electron chi connectivity index (χ2n) is 7.26. The zero-order chi connectivity index (χ0) is 15.6. The molecule has 0 saturated heterocycles. The molecule has 1 aromatic rings. The third-order valence-electron chi connectivity index (χ3n) is 4.11. The van der Waals surface area contributed by atoms with Gasteiger partial charge in [0, 0.05) is 13.0 Å². The molecule has 2 rings (SSSR count). The maximum atomic E-state index is 14.3. The second kappa shape index (κ2) is 6.41. The Morgan fingerprint density at radius 3 is 2.57 bits per heavy atom. The first-order valence-electron chi connectivity index (χ1n) is 8.10. The molecule has 3 nitrogen and oxygen atoms in total. The van der Waals surface area contributed by atoms with Crippen molar-refractivity contribution in [3.05, 3.63) is 11.4 Å². The van der Waals surface area contributed by atoms with Crippen LogP contribution in [0.3, 0.4) is 0 Å². The van der Waals surface area contributed by atoms with Crippen LogP contribution in [0, 0.1) is 17.8 Å². The summed E-state index contributed by atoms with van der Waals surface area (Å²) < 4.78 is 30.2. The van der Waals surface area contributed by atoms with E-state index in [1.54, 1.807) is 4.68 Å². The Kier molecular flexibility index (Phi) is 4.99. The molecule has 0 N–H and O–H groups in total. The summed E-state index contributed by atoms with van der Waals surface area (Å²) in [7, 11) is 0. The Balaban J connectivity index is 2.32. The van der Waals surface area contributed by atoms with Crippen molar-refractivity contribution in [3.63, 3.8) is 0 Å². The Morgan fingerprint density at radius 2 is 1.95 bits per heavy atom. The highest BCUT2D eigenvalue weighted by atomic mass is 19.3. The molecule has 1 aliphatic rings. The van der Waals surface area contributed by atoms with Gasteiger partial charge in [-0.3, -0.25) is 0 Å². The maximum Gasteiger partial charge on any atom is 0.293 e. The Morgan fingerprint density at radius 1 is 1.24 bits per heavy atom. The largest absolute Gasteiger partial charge is 0.293 e. The standard InChI is InChI=1S/C16H27F2N3/c1-11(2)8-13-6-5-7-16(17,18)15-14(9-13)21(20-19-15)10-12(3)4/h11-13H,5-10H2,1-4H3. The van der Waals surface area contributed by atoms with Crippen LogP contribution >= 0.6 is 0 Å². The molecule has 21 heavy (non-hydrogen) atoms. The number of aromatic nitrogens is 3. The number of hydrogen-bond acceptors (Lipinski definition) is 2. The van der Waals surface area contributed by atoms with Gasteiger partial charge in [0.25, 0.3) is 5.92 Å². The lowest BCUT2D eigenvalue weighted by molar-refractivity contribution is -0.0245. The summed E-state index contributed by atoms with van der Waals surface area (Å²) in [5.74, 6) is -1.40. The number of halogens is 2. The van der Waals surface area contributed by atoms with Crippen LogP contribution in [0.1, 0.15) is 64.8 Å². The predicted molar refractivity (Wildman–Crippen MR) is 79.3 cm³/mol. The summed E-state index contributed by atoms with van der Waals surface area (Å²) >= 11 is 0. The summed E-state index contributed by atoms with van der Waals surface area (Å²) in [6.45, 7) is 9.18. The minimum atomic E-state index is -2.83. The lowest BCUT2D eigenvalue weighted by Gasteiger charge is -2.25. The normalized spacial score (nSPS) is 22.2. The Bertz CT molecular complexity index is 466. The Labute approximate surface area is 126 Å². The van der Waals surface area contributed by atoms with Gasteiger partial charge in [-0.05, 0) is 43.4 Å². The van der Waals surface area contributed by atoms with Gasteiger partial charge in [0.15, 0.2) is 5.69 Å². The van der Waals surface area contributed by atoms with E-state index >= 15 is 0 Å². The highest BCUT2D eigenvalue weighted by Gasteiger charge is 2.40. The first-order valence-corrected chi connectivity index (χ1v) is 8.10. The smallest absolute Gasteiger partial charge is 0.249 e. The van der Waals surface area contributed by atoms with E-state index in [2.05, 4.69) is 38.0 Å². The van der Waals surface area contributed by atoms with E-state index in [-0.39, 0.29) is 12.1 Å². The number of hydrogen-bond donors (Lipinski definition) is 0. The lowest BCUT2D eigenvalue weighted by Crippen LogP contribution is -2.24. The highest BCUT2D eigenvalue weighted by Crippen LogP contribution is 2.39. The molecule has 0 spiro atoms. The van der Waals surface area contributed by atoms with Crippen LogP contribution in [0.2, 0.25) is 0 Å². The van der Waals surface area contributed by atoms with Crippen molar-refractivity contribution in [2.45, 2.75) is 72.3 Å². The quantitative estimate of drug-likeness (QED) is 0.824. The molecule has 1 aliphatic carbocycles. The van der Waals surface area contributed by atoms with Crippen LogP contribution in [0.25, 0.3) is 0 Å². The average molecular weight is 299 g/mol. The molecule has 1 heterocycles. The molecule has 1 unspecified atom stereocenters. The molecule has 0 aliphatic heterocycles. The third-order valence-corrected chi connectivity index (χ3v) is 4.11. The van der Waals surface area contributed by atoms with Gasteiger partial charge in [0.05, 0.1) is 5.69 Å². The molecule has 120 valence electrons. The lowest BCUT2D eigenvalue weighted by atomic mass is 9.84. The van der Waals surface area contributed by atoms with Crippen molar-refractivity contribution < 1.29 is 8.78 Å². The van der Waals surface area contributed by atoms with Crippen LogP contribution < -0.4 is 0 Å². The topological polar surface area (TPSA) is 30.7 Å². The first-order chi connectivity index (χ1) is 9.79. The van der Waals surface area contributed by atoms with Gasteiger partial charge in [0.2, 0.25) is 0 Å². The fraction of sp³-hybridized carbons (Fsp3) is 0.875. The minimum absolute atomic E-state index is 0.0726. The summed E-state index contributed by atoms with van der Waals surface area (Å²) in [4.78, 5) is 0. The minimum Gasteiger partial charge on any atom is -0.249 e. The third kappa shape index (κ3) is 4.01. The molecule has 0 bridgehead atoms. The van der Waals surface area contributed by atoms with E-state index in [1.165, 1.54) is 0 Å². The monoisotopic (exact) mass is 299 g/mol.